The number of rotatable bonds is 2. The number of hydrogen-bond acceptors (Lipinski definition) is 0. The van der Waals surface area contributed by atoms with Crippen LogP contribution in [-0.4, -0.2) is 0 Å². The maximum atomic E-state index is 2.69. The van der Waals surface area contributed by atoms with E-state index in [0.29, 0.717) is 5.41 Å². The molecule has 0 aromatic rings. The van der Waals surface area contributed by atoms with Gasteiger partial charge in [0.25, 0.3) is 0 Å². The zero-order valence-corrected chi connectivity index (χ0v) is 14.8. The Kier molecular flexibility index (Phi) is 5.01. The normalized spacial score (nSPS) is 46.4. The third-order valence-electron chi connectivity index (χ3n) is 7.61. The lowest BCUT2D eigenvalue weighted by atomic mass is 9.50. The van der Waals surface area contributed by atoms with Crippen molar-refractivity contribution in [2.45, 2.75) is 97.8 Å². The van der Waals surface area contributed by atoms with Gasteiger partial charge in [0.1, 0.15) is 0 Å². The lowest BCUT2D eigenvalue weighted by Gasteiger charge is -2.54. The van der Waals surface area contributed by atoms with Crippen molar-refractivity contribution >= 4 is 0 Å². The van der Waals surface area contributed by atoms with Gasteiger partial charge in [0.05, 0.1) is 0 Å². The molecule has 5 atom stereocenters. The van der Waals surface area contributed by atoms with E-state index in [1.807, 2.05) is 5.92 Å². The Morgan fingerprint density at radius 3 is 2.14 bits per heavy atom. The molecule has 3 saturated carbocycles. The smallest absolute Gasteiger partial charge is 0.0146 e. The molecule has 0 heteroatoms. The van der Waals surface area contributed by atoms with E-state index in [1.165, 1.54) is 77.0 Å². The molecule has 21 heavy (non-hydrogen) atoms. The first-order chi connectivity index (χ1) is 10.1. The van der Waals surface area contributed by atoms with Crippen LogP contribution in [-0.2, 0) is 0 Å². The Balaban J connectivity index is 1.82. The standard InChI is InChI=1S/C21H37/c1-16-10-4-6-12-18(16)20-14-8-9-15-21(20,3)19-13-7-5-11-17(19)2/h16-19H,4-15H2,1-3H3/t16-,17+,18+,19-,21?/m1/s1. The molecular weight excluding hydrogens is 252 g/mol. The minimum Gasteiger partial charge on any atom is -0.0622 e. The molecule has 0 aliphatic heterocycles. The summed E-state index contributed by atoms with van der Waals surface area (Å²) in [5, 5.41) is 0. The fourth-order valence-electron chi connectivity index (χ4n) is 6.38. The summed E-state index contributed by atoms with van der Waals surface area (Å²) in [6.45, 7) is 7.80. The van der Waals surface area contributed by atoms with Gasteiger partial charge in [-0.15, -0.1) is 0 Å². The third-order valence-corrected chi connectivity index (χ3v) is 7.61. The number of hydrogen-bond donors (Lipinski definition) is 0. The molecule has 0 saturated heterocycles. The predicted octanol–water partition coefficient (Wildman–Crippen LogP) is 6.79. The highest BCUT2D eigenvalue weighted by molar-refractivity contribution is 5.15. The van der Waals surface area contributed by atoms with Gasteiger partial charge in [-0.1, -0.05) is 72.1 Å². The average molecular weight is 290 g/mol. The first-order valence-corrected chi connectivity index (χ1v) is 9.99. The van der Waals surface area contributed by atoms with Crippen molar-refractivity contribution in [1.82, 2.24) is 0 Å². The second-order valence-corrected chi connectivity index (χ2v) is 8.89. The summed E-state index contributed by atoms with van der Waals surface area (Å²) in [6, 6.07) is 0. The largest absolute Gasteiger partial charge is 0.0622 e. The van der Waals surface area contributed by atoms with Gasteiger partial charge in [-0.2, -0.15) is 0 Å². The van der Waals surface area contributed by atoms with Crippen LogP contribution in [0.1, 0.15) is 97.8 Å². The second kappa shape index (κ2) is 6.63. The highest BCUT2D eigenvalue weighted by Gasteiger charge is 2.49. The van der Waals surface area contributed by atoms with Crippen molar-refractivity contribution < 1.29 is 0 Å². The van der Waals surface area contributed by atoms with Crippen LogP contribution in [0.4, 0.5) is 0 Å². The molecule has 0 aromatic carbocycles. The van der Waals surface area contributed by atoms with E-state index < -0.39 is 0 Å². The summed E-state index contributed by atoms with van der Waals surface area (Å²) in [5.41, 5.74) is 0.592. The lowest BCUT2D eigenvalue weighted by Crippen LogP contribution is -2.45. The lowest BCUT2D eigenvalue weighted by molar-refractivity contribution is 0.0378. The van der Waals surface area contributed by atoms with Crippen LogP contribution >= 0.6 is 0 Å². The van der Waals surface area contributed by atoms with Gasteiger partial charge in [0.2, 0.25) is 0 Å². The van der Waals surface area contributed by atoms with E-state index >= 15 is 0 Å². The molecule has 0 bridgehead atoms. The maximum Gasteiger partial charge on any atom is -0.0146 e. The zero-order valence-electron chi connectivity index (χ0n) is 14.8. The maximum absolute atomic E-state index is 2.69. The van der Waals surface area contributed by atoms with Crippen LogP contribution in [0.5, 0.6) is 0 Å². The van der Waals surface area contributed by atoms with Crippen molar-refractivity contribution in [3.05, 3.63) is 5.92 Å². The topological polar surface area (TPSA) is 0 Å². The van der Waals surface area contributed by atoms with E-state index in [0.717, 1.165) is 23.7 Å². The van der Waals surface area contributed by atoms with Gasteiger partial charge < -0.3 is 0 Å². The van der Waals surface area contributed by atoms with Crippen molar-refractivity contribution in [1.29, 1.82) is 0 Å². The Morgan fingerprint density at radius 2 is 1.43 bits per heavy atom. The minimum atomic E-state index is 0.592. The van der Waals surface area contributed by atoms with E-state index in [9.17, 15) is 0 Å². The van der Waals surface area contributed by atoms with Gasteiger partial charge >= 0.3 is 0 Å². The molecule has 0 heterocycles. The molecular formula is C21H37. The third kappa shape index (κ3) is 3.06. The molecule has 0 amide bonds. The van der Waals surface area contributed by atoms with Crippen LogP contribution < -0.4 is 0 Å². The molecule has 3 rings (SSSR count). The Bertz CT molecular complexity index is 333. The van der Waals surface area contributed by atoms with Crippen molar-refractivity contribution in [2.75, 3.05) is 0 Å². The molecule has 1 radical (unpaired) electrons. The van der Waals surface area contributed by atoms with Crippen molar-refractivity contribution in [3.63, 3.8) is 0 Å². The van der Waals surface area contributed by atoms with Crippen molar-refractivity contribution in [3.8, 4) is 0 Å². The van der Waals surface area contributed by atoms with E-state index in [1.54, 1.807) is 0 Å². The van der Waals surface area contributed by atoms with Crippen LogP contribution in [0, 0.1) is 35.0 Å². The summed E-state index contributed by atoms with van der Waals surface area (Å²) in [5.74, 6) is 5.94. The van der Waals surface area contributed by atoms with Crippen LogP contribution in [0.3, 0.4) is 0 Å². The molecule has 3 aliphatic rings. The molecule has 121 valence electrons. The molecule has 1 unspecified atom stereocenters. The highest BCUT2D eigenvalue weighted by atomic mass is 14.5. The monoisotopic (exact) mass is 289 g/mol. The Hall–Kier alpha value is 0. The fourth-order valence-corrected chi connectivity index (χ4v) is 6.38. The second-order valence-electron chi connectivity index (χ2n) is 8.89. The zero-order chi connectivity index (χ0) is 14.9. The van der Waals surface area contributed by atoms with Crippen molar-refractivity contribution in [2.24, 2.45) is 29.1 Å². The SMILES string of the molecule is C[C@@H]1CCCC[C@@H]1[C]1CCCCC1(C)[C@@H]1CCCC[C@@H]1C. The summed E-state index contributed by atoms with van der Waals surface area (Å²) in [7, 11) is 0. The van der Waals surface area contributed by atoms with E-state index in [4.69, 9.17) is 0 Å². The first kappa shape index (κ1) is 15.9. The predicted molar refractivity (Wildman–Crippen MR) is 92.1 cm³/mol. The molecule has 0 nitrogen and oxygen atoms in total. The average Bonchev–Trinajstić information content (AvgIpc) is 2.49. The van der Waals surface area contributed by atoms with E-state index in [2.05, 4.69) is 20.8 Å². The van der Waals surface area contributed by atoms with Gasteiger partial charge in [-0.3, -0.25) is 0 Å². The summed E-state index contributed by atoms with van der Waals surface area (Å²) in [4.78, 5) is 0. The first-order valence-electron chi connectivity index (χ1n) is 9.99. The van der Waals surface area contributed by atoms with Gasteiger partial charge in [-0.05, 0) is 60.7 Å². The molecule has 3 fully saturated rings. The molecule has 0 N–H and O–H groups in total. The minimum absolute atomic E-state index is 0.592. The van der Waals surface area contributed by atoms with Crippen LogP contribution in [0.2, 0.25) is 0 Å². The Morgan fingerprint density at radius 1 is 0.762 bits per heavy atom. The fraction of sp³-hybridized carbons (Fsp3) is 0.952. The van der Waals surface area contributed by atoms with Gasteiger partial charge in [0.15, 0.2) is 0 Å². The Labute approximate surface area is 133 Å². The highest BCUT2D eigenvalue weighted by Crippen LogP contribution is 2.58. The molecule has 0 aromatic heterocycles. The van der Waals surface area contributed by atoms with E-state index in [-0.39, 0.29) is 0 Å². The summed E-state index contributed by atoms with van der Waals surface area (Å²) >= 11 is 0. The molecule has 3 aliphatic carbocycles. The van der Waals surface area contributed by atoms with Crippen LogP contribution in [0.15, 0.2) is 0 Å². The van der Waals surface area contributed by atoms with Gasteiger partial charge in [0, 0.05) is 0 Å². The van der Waals surface area contributed by atoms with Crippen LogP contribution in [0.25, 0.3) is 0 Å². The summed E-state index contributed by atoms with van der Waals surface area (Å²) in [6.07, 6.45) is 17.9. The quantitative estimate of drug-likeness (QED) is 0.524. The van der Waals surface area contributed by atoms with Gasteiger partial charge in [-0.25, -0.2) is 0 Å². The molecule has 0 spiro atoms. The summed E-state index contributed by atoms with van der Waals surface area (Å²) < 4.78 is 0.